The number of carbonyl (C=O) groups is 2. The fourth-order valence-corrected chi connectivity index (χ4v) is 2.78. The molecule has 0 aliphatic carbocycles. The summed E-state index contributed by atoms with van der Waals surface area (Å²) in [5.74, 6) is -3.21. The van der Waals surface area contributed by atoms with Crippen molar-refractivity contribution in [2.75, 3.05) is 5.75 Å². The average molecular weight is 331 g/mol. The Morgan fingerprint density at radius 1 is 1.23 bits per heavy atom. The van der Waals surface area contributed by atoms with Gasteiger partial charge >= 0.3 is 5.97 Å². The third-order valence-electron chi connectivity index (χ3n) is 3.51. The number of aliphatic carboxylic acids is 1. The molecule has 1 aromatic carbocycles. The Labute approximate surface area is 132 Å². The highest BCUT2D eigenvalue weighted by Crippen LogP contribution is 2.23. The van der Waals surface area contributed by atoms with E-state index in [4.69, 9.17) is 5.11 Å². The van der Waals surface area contributed by atoms with Crippen LogP contribution in [0.25, 0.3) is 0 Å². The minimum Gasteiger partial charge on any atom is -0.481 e. The van der Waals surface area contributed by atoms with Crippen molar-refractivity contribution in [3.63, 3.8) is 0 Å². The van der Waals surface area contributed by atoms with Crippen LogP contribution in [-0.4, -0.2) is 28.3 Å². The number of hydrogen-bond acceptors (Lipinski definition) is 3. The van der Waals surface area contributed by atoms with E-state index in [0.29, 0.717) is 17.7 Å². The van der Waals surface area contributed by atoms with Crippen molar-refractivity contribution in [3.8, 4) is 0 Å². The molecule has 0 saturated heterocycles. The van der Waals surface area contributed by atoms with Crippen molar-refractivity contribution < 1.29 is 23.5 Å². The van der Waals surface area contributed by atoms with Gasteiger partial charge in [0, 0.05) is 10.4 Å². The molecule has 0 fully saturated rings. The topological polar surface area (TPSA) is 66.4 Å². The molecule has 122 valence electrons. The molecule has 1 rings (SSSR count). The van der Waals surface area contributed by atoms with E-state index in [9.17, 15) is 18.4 Å². The fourth-order valence-electron chi connectivity index (χ4n) is 2.06. The average Bonchev–Trinajstić information content (AvgIpc) is 2.47. The van der Waals surface area contributed by atoms with E-state index in [1.54, 1.807) is 0 Å². The number of amides is 1. The molecule has 0 aliphatic rings. The summed E-state index contributed by atoms with van der Waals surface area (Å²) in [6.07, 6.45) is 0.844. The number of hydrogen-bond donors (Lipinski definition) is 2. The van der Waals surface area contributed by atoms with Crippen LogP contribution in [-0.2, 0) is 9.59 Å². The maximum atomic E-state index is 13.1. The number of carboxylic acid groups (broad SMARTS) is 1. The molecule has 0 spiro atoms. The Morgan fingerprint density at radius 3 is 2.36 bits per heavy atom. The zero-order valence-electron chi connectivity index (χ0n) is 12.5. The first-order valence-corrected chi connectivity index (χ1v) is 7.91. The Morgan fingerprint density at radius 2 is 1.86 bits per heavy atom. The Kier molecular flexibility index (Phi) is 6.80. The molecular formula is C15H19F2NO3S. The molecule has 0 atom stereocenters. The largest absolute Gasteiger partial charge is 0.481 e. The van der Waals surface area contributed by atoms with E-state index in [-0.39, 0.29) is 18.1 Å². The van der Waals surface area contributed by atoms with Gasteiger partial charge in [-0.25, -0.2) is 8.78 Å². The van der Waals surface area contributed by atoms with E-state index in [1.165, 1.54) is 6.07 Å². The summed E-state index contributed by atoms with van der Waals surface area (Å²) in [7, 11) is 0. The SMILES string of the molecule is CCC(CC)(CC(=O)O)NC(=O)CSc1ccc(F)c(F)c1. The Balaban J connectivity index is 2.63. The van der Waals surface area contributed by atoms with Gasteiger partial charge in [0.2, 0.25) is 5.91 Å². The number of carboxylic acids is 1. The van der Waals surface area contributed by atoms with Crippen LogP contribution in [0, 0.1) is 11.6 Å². The van der Waals surface area contributed by atoms with Gasteiger partial charge in [-0.2, -0.15) is 0 Å². The smallest absolute Gasteiger partial charge is 0.305 e. The predicted molar refractivity (Wildman–Crippen MR) is 80.8 cm³/mol. The summed E-state index contributed by atoms with van der Waals surface area (Å²) < 4.78 is 25.9. The molecule has 0 aromatic heterocycles. The molecule has 0 bridgehead atoms. The van der Waals surface area contributed by atoms with Crippen LogP contribution in [0.2, 0.25) is 0 Å². The molecule has 0 aliphatic heterocycles. The third kappa shape index (κ3) is 5.29. The van der Waals surface area contributed by atoms with Crippen LogP contribution in [0.3, 0.4) is 0 Å². The normalized spacial score (nSPS) is 11.3. The van der Waals surface area contributed by atoms with Crippen LogP contribution >= 0.6 is 11.8 Å². The van der Waals surface area contributed by atoms with Gasteiger partial charge in [-0.15, -0.1) is 11.8 Å². The van der Waals surface area contributed by atoms with Gasteiger partial charge in [-0.05, 0) is 31.0 Å². The second-order valence-corrected chi connectivity index (χ2v) is 6.02. The molecule has 1 amide bonds. The highest BCUT2D eigenvalue weighted by molar-refractivity contribution is 8.00. The first-order valence-electron chi connectivity index (χ1n) is 6.92. The predicted octanol–water partition coefficient (Wildman–Crippen LogP) is 3.21. The van der Waals surface area contributed by atoms with Crippen molar-refractivity contribution in [2.45, 2.75) is 43.5 Å². The first kappa shape index (κ1) is 18.4. The van der Waals surface area contributed by atoms with Crippen LogP contribution in [0.5, 0.6) is 0 Å². The summed E-state index contributed by atoms with van der Waals surface area (Å²) >= 11 is 1.07. The van der Waals surface area contributed by atoms with Crippen LogP contribution in [0.4, 0.5) is 8.78 Å². The molecule has 0 unspecified atom stereocenters. The fraction of sp³-hybridized carbons (Fsp3) is 0.467. The van der Waals surface area contributed by atoms with Crippen LogP contribution < -0.4 is 5.32 Å². The molecule has 0 heterocycles. The summed E-state index contributed by atoms with van der Waals surface area (Å²) in [5.41, 5.74) is -0.780. The molecule has 7 heteroatoms. The van der Waals surface area contributed by atoms with E-state index in [0.717, 1.165) is 23.9 Å². The lowest BCUT2D eigenvalue weighted by Crippen LogP contribution is -2.49. The second kappa shape index (κ2) is 8.12. The van der Waals surface area contributed by atoms with E-state index in [2.05, 4.69) is 5.32 Å². The molecule has 1 aromatic rings. The van der Waals surface area contributed by atoms with Gasteiger partial charge in [-0.3, -0.25) is 9.59 Å². The van der Waals surface area contributed by atoms with Gasteiger partial charge in [0.25, 0.3) is 0 Å². The monoisotopic (exact) mass is 331 g/mol. The molecular weight excluding hydrogens is 312 g/mol. The first-order chi connectivity index (χ1) is 10.3. The maximum absolute atomic E-state index is 13.1. The zero-order chi connectivity index (χ0) is 16.8. The standard InChI is InChI=1S/C15H19F2NO3S/c1-3-15(4-2,8-14(20)21)18-13(19)9-22-10-5-6-11(16)12(17)7-10/h5-7H,3-4,8-9H2,1-2H3,(H,18,19)(H,20,21). The maximum Gasteiger partial charge on any atom is 0.305 e. The van der Waals surface area contributed by atoms with Crippen molar-refractivity contribution in [3.05, 3.63) is 29.8 Å². The number of benzene rings is 1. The van der Waals surface area contributed by atoms with Crippen LogP contribution in [0.15, 0.2) is 23.1 Å². The van der Waals surface area contributed by atoms with Crippen molar-refractivity contribution >= 4 is 23.6 Å². The van der Waals surface area contributed by atoms with Crippen molar-refractivity contribution in [1.29, 1.82) is 0 Å². The third-order valence-corrected chi connectivity index (χ3v) is 4.50. The Hall–Kier alpha value is -1.63. The minimum absolute atomic E-state index is 0.00639. The highest BCUT2D eigenvalue weighted by atomic mass is 32.2. The van der Waals surface area contributed by atoms with Gasteiger partial charge < -0.3 is 10.4 Å². The van der Waals surface area contributed by atoms with Gasteiger partial charge in [0.05, 0.1) is 12.2 Å². The van der Waals surface area contributed by atoms with Crippen molar-refractivity contribution in [2.24, 2.45) is 0 Å². The molecule has 2 N–H and O–H groups in total. The van der Waals surface area contributed by atoms with E-state index >= 15 is 0 Å². The summed E-state index contributed by atoms with van der Waals surface area (Å²) in [4.78, 5) is 23.4. The second-order valence-electron chi connectivity index (χ2n) is 4.97. The van der Waals surface area contributed by atoms with Gasteiger partial charge in [0.15, 0.2) is 11.6 Å². The van der Waals surface area contributed by atoms with Crippen molar-refractivity contribution in [1.82, 2.24) is 5.32 Å². The number of rotatable bonds is 8. The lowest BCUT2D eigenvalue weighted by atomic mass is 9.89. The van der Waals surface area contributed by atoms with Gasteiger partial charge in [-0.1, -0.05) is 13.8 Å². The summed E-state index contributed by atoms with van der Waals surface area (Å²) in [5, 5.41) is 11.7. The van der Waals surface area contributed by atoms with E-state index < -0.39 is 23.1 Å². The van der Waals surface area contributed by atoms with E-state index in [1.807, 2.05) is 13.8 Å². The molecule has 4 nitrogen and oxygen atoms in total. The minimum atomic E-state index is -0.975. The number of nitrogens with one attached hydrogen (secondary N) is 1. The van der Waals surface area contributed by atoms with Crippen LogP contribution in [0.1, 0.15) is 33.1 Å². The summed E-state index contributed by atoms with van der Waals surface area (Å²) in [6.45, 7) is 3.63. The number of carbonyl (C=O) groups excluding carboxylic acids is 1. The van der Waals surface area contributed by atoms with Gasteiger partial charge in [0.1, 0.15) is 0 Å². The molecule has 0 saturated carbocycles. The highest BCUT2D eigenvalue weighted by Gasteiger charge is 2.30. The number of thioether (sulfide) groups is 1. The lowest BCUT2D eigenvalue weighted by molar-refractivity contribution is -0.139. The summed E-state index contributed by atoms with van der Waals surface area (Å²) in [6, 6.07) is 3.42. The zero-order valence-corrected chi connectivity index (χ0v) is 13.3. The lowest BCUT2D eigenvalue weighted by Gasteiger charge is -2.31. The number of halogens is 2. The molecule has 0 radical (unpaired) electrons. The molecule has 22 heavy (non-hydrogen) atoms. The quantitative estimate of drug-likeness (QED) is 0.718. The Bertz CT molecular complexity index is 548.